The number of primary amides is 1. The van der Waals surface area contributed by atoms with Crippen LogP contribution in [0.3, 0.4) is 0 Å². The minimum absolute atomic E-state index is 0.00968. The third-order valence-electron chi connectivity index (χ3n) is 7.41. The van der Waals surface area contributed by atoms with E-state index in [1.807, 2.05) is 7.05 Å². The molecule has 0 aliphatic carbocycles. The monoisotopic (exact) mass is 664 g/mol. The van der Waals surface area contributed by atoms with E-state index in [9.17, 15) is 24.0 Å². The normalized spacial score (nSPS) is 12.6. The highest BCUT2D eigenvalue weighted by atomic mass is 16.6. The number of ether oxygens (including phenoxy) is 2. The summed E-state index contributed by atoms with van der Waals surface area (Å²) in [7, 11) is 3.69. The Morgan fingerprint density at radius 2 is 1.60 bits per heavy atom. The molecule has 0 spiro atoms. The minimum Gasteiger partial charge on any atom is -0.445 e. The first-order valence-corrected chi connectivity index (χ1v) is 15.9. The lowest BCUT2D eigenvalue weighted by molar-refractivity contribution is -0.132. The van der Waals surface area contributed by atoms with Gasteiger partial charge in [0, 0.05) is 50.9 Å². The number of amides is 6. The van der Waals surface area contributed by atoms with E-state index in [1.165, 1.54) is 4.90 Å². The lowest BCUT2D eigenvalue weighted by Crippen LogP contribution is -2.54. The highest BCUT2D eigenvalue weighted by Crippen LogP contribution is 2.14. The largest absolute Gasteiger partial charge is 0.445 e. The van der Waals surface area contributed by atoms with Gasteiger partial charge in [0.25, 0.3) is 0 Å². The summed E-state index contributed by atoms with van der Waals surface area (Å²) in [6.45, 7) is 12.2. The van der Waals surface area contributed by atoms with Crippen molar-refractivity contribution in [2.75, 3.05) is 58.8 Å². The zero-order chi connectivity index (χ0) is 35.6. The molecule has 0 heterocycles. The number of hydrogen-bond acceptors (Lipinski definition) is 9. The zero-order valence-electron chi connectivity index (χ0n) is 29.0. The summed E-state index contributed by atoms with van der Waals surface area (Å²) in [6, 6.07) is 4.22. The molecular weight excluding hydrogens is 608 g/mol. The Labute approximate surface area is 278 Å². The van der Waals surface area contributed by atoms with E-state index >= 15 is 0 Å². The number of urea groups is 1. The molecule has 0 aliphatic rings. The van der Waals surface area contributed by atoms with Gasteiger partial charge in [-0.25, -0.2) is 9.59 Å². The summed E-state index contributed by atoms with van der Waals surface area (Å²) in [4.78, 5) is 66.2. The van der Waals surface area contributed by atoms with Crippen molar-refractivity contribution in [2.45, 2.75) is 78.1 Å². The predicted molar refractivity (Wildman–Crippen MR) is 180 cm³/mol. The molecular formula is C32H56N8O7. The van der Waals surface area contributed by atoms with Crippen molar-refractivity contribution in [3.63, 3.8) is 0 Å². The molecule has 1 rings (SSSR count). The van der Waals surface area contributed by atoms with Gasteiger partial charge in [-0.05, 0) is 64.3 Å². The predicted octanol–water partition coefficient (Wildman–Crippen LogP) is 1.36. The highest BCUT2D eigenvalue weighted by molar-refractivity contribution is 5.98. The molecule has 15 nitrogen and oxygen atoms in total. The van der Waals surface area contributed by atoms with E-state index in [0.29, 0.717) is 38.3 Å². The first kappa shape index (κ1) is 41.1. The van der Waals surface area contributed by atoms with Crippen LogP contribution in [0.4, 0.5) is 15.3 Å². The Morgan fingerprint density at radius 1 is 0.936 bits per heavy atom. The number of anilines is 1. The molecule has 8 N–H and O–H groups in total. The van der Waals surface area contributed by atoms with Gasteiger partial charge in [0.15, 0.2) is 0 Å². The molecule has 2 atom stereocenters. The van der Waals surface area contributed by atoms with E-state index in [0.717, 1.165) is 5.56 Å². The molecule has 47 heavy (non-hydrogen) atoms. The van der Waals surface area contributed by atoms with Crippen LogP contribution in [0.25, 0.3) is 0 Å². The average Bonchev–Trinajstić information content (AvgIpc) is 3.00. The van der Waals surface area contributed by atoms with E-state index in [2.05, 4.69) is 46.9 Å². The smallest absolute Gasteiger partial charge is 0.409 e. The number of benzene rings is 1. The number of rotatable bonds is 20. The lowest BCUT2D eigenvalue weighted by atomic mass is 10.0. The molecule has 6 amide bonds. The molecule has 0 fully saturated rings. The molecule has 0 bridgehead atoms. The van der Waals surface area contributed by atoms with Crippen LogP contribution < -0.4 is 32.7 Å². The van der Waals surface area contributed by atoms with Crippen molar-refractivity contribution in [3.8, 4) is 0 Å². The van der Waals surface area contributed by atoms with Gasteiger partial charge >= 0.3 is 12.1 Å². The number of carbonyl (C=O) groups excluding carboxylic acids is 5. The summed E-state index contributed by atoms with van der Waals surface area (Å²) >= 11 is 0. The standard InChI is InChI=1S/C32H56N8O7/c1-22(2)27(38-26(41)14-19-46-20-15-33)29(43)37-25(9-8-16-35-30(34)44)28(42)36-24-12-10-23(11-13-24)21-47-31(45)39(6)17-18-40(7)32(3,4)5/h10-13,22,25,27H,8-9,14-21,33H2,1-7H3,(H,36,42)(H,37,43)(H,38,41)(H3,34,35,44)/t25-,27?/m0/s1. The second-order valence-corrected chi connectivity index (χ2v) is 12.7. The van der Waals surface area contributed by atoms with Crippen molar-refractivity contribution < 1.29 is 33.4 Å². The van der Waals surface area contributed by atoms with Gasteiger partial charge in [-0.1, -0.05) is 26.0 Å². The number of nitrogens with one attached hydrogen (secondary N) is 4. The topological polar surface area (TPSA) is 210 Å². The van der Waals surface area contributed by atoms with Crippen molar-refractivity contribution in [1.29, 1.82) is 0 Å². The molecule has 266 valence electrons. The van der Waals surface area contributed by atoms with Crippen LogP contribution in [0.2, 0.25) is 0 Å². The third kappa shape index (κ3) is 17.0. The van der Waals surface area contributed by atoms with Gasteiger partial charge in [-0.3, -0.25) is 19.3 Å². The van der Waals surface area contributed by atoms with Crippen molar-refractivity contribution in [2.24, 2.45) is 17.4 Å². The van der Waals surface area contributed by atoms with Crippen molar-refractivity contribution in [1.82, 2.24) is 25.8 Å². The number of hydrogen-bond donors (Lipinski definition) is 6. The Bertz CT molecular complexity index is 1140. The van der Waals surface area contributed by atoms with Gasteiger partial charge in [-0.15, -0.1) is 0 Å². The lowest BCUT2D eigenvalue weighted by Gasteiger charge is -2.33. The van der Waals surface area contributed by atoms with Crippen LogP contribution >= 0.6 is 0 Å². The van der Waals surface area contributed by atoms with Crippen LogP contribution in [-0.2, 0) is 30.5 Å². The van der Waals surface area contributed by atoms with E-state index in [4.69, 9.17) is 20.9 Å². The van der Waals surface area contributed by atoms with Crippen LogP contribution in [-0.4, -0.2) is 111 Å². The maximum atomic E-state index is 13.3. The summed E-state index contributed by atoms with van der Waals surface area (Å²) in [5.74, 6) is -1.64. The summed E-state index contributed by atoms with van der Waals surface area (Å²) in [5, 5.41) is 10.7. The SMILES string of the molecule is CC(C)C(NC(=O)CCOCCN)C(=O)N[C@@H](CCCNC(N)=O)C(=O)Nc1ccc(COC(=O)N(C)CCN(C)C(C)(C)C)cc1. The number of carbonyl (C=O) groups is 5. The first-order valence-electron chi connectivity index (χ1n) is 15.9. The average molecular weight is 665 g/mol. The van der Waals surface area contributed by atoms with Gasteiger partial charge in [0.05, 0.1) is 13.2 Å². The second-order valence-electron chi connectivity index (χ2n) is 12.7. The molecule has 1 aromatic carbocycles. The van der Waals surface area contributed by atoms with Gasteiger partial charge in [-0.2, -0.15) is 0 Å². The van der Waals surface area contributed by atoms with Crippen molar-refractivity contribution >= 4 is 35.5 Å². The van der Waals surface area contributed by atoms with Crippen LogP contribution in [0, 0.1) is 5.92 Å². The first-order chi connectivity index (χ1) is 22.0. The van der Waals surface area contributed by atoms with Gasteiger partial charge < -0.3 is 47.1 Å². The quantitative estimate of drug-likeness (QED) is 0.111. The fourth-order valence-electron chi connectivity index (χ4n) is 4.07. The van der Waals surface area contributed by atoms with Crippen molar-refractivity contribution in [3.05, 3.63) is 29.8 Å². The minimum atomic E-state index is -0.975. The Balaban J connectivity index is 2.82. The molecule has 1 unspecified atom stereocenters. The molecule has 0 saturated heterocycles. The van der Waals surface area contributed by atoms with E-state index in [-0.39, 0.29) is 50.0 Å². The number of nitrogens with two attached hydrogens (primary N) is 2. The Morgan fingerprint density at radius 3 is 2.17 bits per heavy atom. The Hall–Kier alpha value is -3.95. The van der Waals surface area contributed by atoms with Gasteiger partial charge in [0.1, 0.15) is 18.7 Å². The number of nitrogens with zero attached hydrogens (tertiary/aromatic N) is 2. The summed E-state index contributed by atoms with van der Waals surface area (Å²) in [5.41, 5.74) is 11.7. The second kappa shape index (κ2) is 21.0. The molecule has 0 radical (unpaired) electrons. The molecule has 0 saturated carbocycles. The van der Waals surface area contributed by atoms with Crippen LogP contribution in [0.5, 0.6) is 0 Å². The molecule has 1 aromatic rings. The third-order valence-corrected chi connectivity index (χ3v) is 7.41. The molecule has 0 aromatic heterocycles. The van der Waals surface area contributed by atoms with Crippen LogP contribution in [0.1, 0.15) is 59.4 Å². The van der Waals surface area contributed by atoms with Crippen LogP contribution in [0.15, 0.2) is 24.3 Å². The summed E-state index contributed by atoms with van der Waals surface area (Å²) < 4.78 is 10.7. The highest BCUT2D eigenvalue weighted by Gasteiger charge is 2.29. The summed E-state index contributed by atoms with van der Waals surface area (Å²) in [6.07, 6.45) is 0.158. The van der Waals surface area contributed by atoms with E-state index < -0.39 is 36.0 Å². The maximum Gasteiger partial charge on any atom is 0.409 e. The molecule has 0 aliphatic heterocycles. The fourth-order valence-corrected chi connectivity index (χ4v) is 4.07. The maximum absolute atomic E-state index is 13.3. The van der Waals surface area contributed by atoms with Gasteiger partial charge in [0.2, 0.25) is 17.7 Å². The Kier molecular flexibility index (Phi) is 18.4. The number of likely N-dealkylation sites (N-methyl/N-ethyl adjacent to an activating group) is 2. The fraction of sp³-hybridized carbons (Fsp3) is 0.656. The van der Waals surface area contributed by atoms with E-state index in [1.54, 1.807) is 45.2 Å². The zero-order valence-corrected chi connectivity index (χ0v) is 29.0. The molecule has 15 heteroatoms.